The molecule has 1 aromatic heterocycles. The van der Waals surface area contributed by atoms with E-state index >= 15 is 0 Å². The number of hydrogen-bond donors (Lipinski definition) is 4. The average molecular weight is 353 g/mol. The van der Waals surface area contributed by atoms with E-state index in [1.54, 1.807) is 30.3 Å². The number of aromatic nitrogens is 1. The maximum absolute atomic E-state index is 12.2. The molecule has 1 amide bonds. The highest BCUT2D eigenvalue weighted by Gasteiger charge is 2.18. The fourth-order valence-corrected chi connectivity index (χ4v) is 2.43. The number of H-pyrrole nitrogens is 1. The molecule has 132 valence electrons. The van der Waals surface area contributed by atoms with Crippen molar-refractivity contribution < 1.29 is 19.7 Å². The quantitative estimate of drug-likeness (QED) is 0.420. The van der Waals surface area contributed by atoms with Crippen LogP contribution in [0.15, 0.2) is 52.4 Å². The smallest absolute Gasteiger partial charge is 0.280 e. The zero-order valence-electron chi connectivity index (χ0n) is 13.7. The van der Waals surface area contributed by atoms with Crippen LogP contribution in [0.25, 0.3) is 10.9 Å². The Hall–Kier alpha value is -3.81. The van der Waals surface area contributed by atoms with E-state index in [0.717, 1.165) is 0 Å². The van der Waals surface area contributed by atoms with Crippen molar-refractivity contribution in [1.29, 1.82) is 0 Å². The predicted octanol–water partition coefficient (Wildman–Crippen LogP) is 1.71. The highest BCUT2D eigenvalue weighted by Crippen LogP contribution is 2.26. The number of aromatic hydroxyl groups is 2. The summed E-state index contributed by atoms with van der Waals surface area (Å²) < 4.78 is 4.98. The number of fused-ring (bicyclic) bond motifs is 1. The van der Waals surface area contributed by atoms with Crippen LogP contribution in [0, 0.1) is 0 Å². The summed E-state index contributed by atoms with van der Waals surface area (Å²) >= 11 is 0. The number of nitrogens with zero attached hydrogens (tertiary/aromatic N) is 1. The zero-order chi connectivity index (χ0) is 18.7. The average Bonchev–Trinajstić information content (AvgIpc) is 2.63. The summed E-state index contributed by atoms with van der Waals surface area (Å²) in [6, 6.07) is 11.1. The Labute approximate surface area is 147 Å². The van der Waals surface area contributed by atoms with Crippen LogP contribution in [0.3, 0.4) is 0 Å². The fraction of sp³-hybridized carbons (Fsp3) is 0.0556. The highest BCUT2D eigenvalue weighted by atomic mass is 16.5. The maximum atomic E-state index is 12.2. The largest absolute Gasteiger partial charge is 0.506 e. The lowest BCUT2D eigenvalue weighted by Crippen LogP contribution is -2.26. The number of rotatable bonds is 4. The summed E-state index contributed by atoms with van der Waals surface area (Å²) in [5.74, 6) is -1.04. The normalized spacial score (nSPS) is 11.0. The third kappa shape index (κ3) is 3.20. The molecule has 8 heteroatoms. The lowest BCUT2D eigenvalue weighted by atomic mass is 10.1. The van der Waals surface area contributed by atoms with Crippen LogP contribution in [0.2, 0.25) is 0 Å². The van der Waals surface area contributed by atoms with Crippen LogP contribution in [0.4, 0.5) is 0 Å². The molecule has 0 aliphatic carbocycles. The number of hydrogen-bond acceptors (Lipinski definition) is 6. The molecule has 3 aromatic rings. The van der Waals surface area contributed by atoms with E-state index in [-0.39, 0.29) is 11.5 Å². The van der Waals surface area contributed by atoms with Crippen molar-refractivity contribution in [2.45, 2.75) is 0 Å². The Balaban J connectivity index is 1.85. The molecule has 0 saturated carbocycles. The van der Waals surface area contributed by atoms with E-state index < -0.39 is 22.8 Å². The van der Waals surface area contributed by atoms with Crippen molar-refractivity contribution in [1.82, 2.24) is 10.4 Å². The van der Waals surface area contributed by atoms with Gasteiger partial charge in [0.2, 0.25) is 0 Å². The van der Waals surface area contributed by atoms with E-state index in [0.29, 0.717) is 16.5 Å². The summed E-state index contributed by atoms with van der Waals surface area (Å²) in [5, 5.41) is 23.9. The van der Waals surface area contributed by atoms with Gasteiger partial charge in [0.15, 0.2) is 11.5 Å². The van der Waals surface area contributed by atoms with Crippen molar-refractivity contribution in [3.63, 3.8) is 0 Å². The van der Waals surface area contributed by atoms with Gasteiger partial charge in [-0.1, -0.05) is 12.1 Å². The molecule has 4 N–H and O–H groups in total. The number of phenols is 1. The van der Waals surface area contributed by atoms with Gasteiger partial charge in [0.25, 0.3) is 11.5 Å². The molecule has 0 unspecified atom stereocenters. The zero-order valence-corrected chi connectivity index (χ0v) is 13.7. The van der Waals surface area contributed by atoms with Crippen molar-refractivity contribution in [2.75, 3.05) is 7.11 Å². The summed E-state index contributed by atoms with van der Waals surface area (Å²) in [4.78, 5) is 26.8. The van der Waals surface area contributed by atoms with E-state index in [1.165, 1.54) is 25.5 Å². The monoisotopic (exact) mass is 353 g/mol. The van der Waals surface area contributed by atoms with E-state index in [9.17, 15) is 19.8 Å². The number of carbonyl (C=O) groups is 1. The first-order chi connectivity index (χ1) is 12.5. The van der Waals surface area contributed by atoms with Gasteiger partial charge in [0.1, 0.15) is 11.3 Å². The number of aromatic amines is 1. The molecule has 0 atom stereocenters. The first-order valence-corrected chi connectivity index (χ1v) is 7.55. The van der Waals surface area contributed by atoms with Gasteiger partial charge >= 0.3 is 0 Å². The van der Waals surface area contributed by atoms with Gasteiger partial charge in [-0.2, -0.15) is 5.10 Å². The topological polar surface area (TPSA) is 124 Å². The van der Waals surface area contributed by atoms with E-state index in [4.69, 9.17) is 4.74 Å². The molecule has 0 aliphatic heterocycles. The third-order valence-electron chi connectivity index (χ3n) is 3.70. The Morgan fingerprint density at radius 2 is 2.00 bits per heavy atom. The molecule has 0 spiro atoms. The Morgan fingerprint density at radius 1 is 1.23 bits per heavy atom. The second-order valence-electron chi connectivity index (χ2n) is 5.35. The van der Waals surface area contributed by atoms with Crippen LogP contribution in [-0.2, 0) is 0 Å². The van der Waals surface area contributed by atoms with Gasteiger partial charge in [0, 0.05) is 5.39 Å². The fourth-order valence-electron chi connectivity index (χ4n) is 2.43. The molecule has 3 rings (SSSR count). The molecule has 8 nitrogen and oxygen atoms in total. The number of hydrazone groups is 1. The third-order valence-corrected chi connectivity index (χ3v) is 3.70. The van der Waals surface area contributed by atoms with Gasteiger partial charge < -0.3 is 19.9 Å². The van der Waals surface area contributed by atoms with Crippen molar-refractivity contribution in [3.05, 3.63) is 63.9 Å². The van der Waals surface area contributed by atoms with Gasteiger partial charge in [0.05, 0.1) is 18.8 Å². The predicted molar refractivity (Wildman–Crippen MR) is 96.0 cm³/mol. The number of methoxy groups -OCH3 is 1. The number of ether oxygens (including phenoxy) is 1. The highest BCUT2D eigenvalue weighted by molar-refractivity contribution is 6.02. The summed E-state index contributed by atoms with van der Waals surface area (Å²) in [5.41, 5.74) is 2.02. The second kappa shape index (κ2) is 6.98. The minimum absolute atomic E-state index is 0.0266. The number of pyridine rings is 1. The molecule has 0 radical (unpaired) electrons. The minimum atomic E-state index is -0.850. The van der Waals surface area contributed by atoms with Crippen LogP contribution < -0.4 is 15.7 Å². The molecule has 0 saturated heterocycles. The Kier molecular flexibility index (Phi) is 4.57. The van der Waals surface area contributed by atoms with Crippen molar-refractivity contribution >= 4 is 23.0 Å². The minimum Gasteiger partial charge on any atom is -0.506 e. The first kappa shape index (κ1) is 17.0. The van der Waals surface area contributed by atoms with Crippen LogP contribution >= 0.6 is 0 Å². The van der Waals surface area contributed by atoms with Crippen molar-refractivity contribution in [2.24, 2.45) is 5.10 Å². The van der Waals surface area contributed by atoms with E-state index in [2.05, 4.69) is 15.5 Å². The maximum Gasteiger partial charge on any atom is 0.280 e. The molecule has 2 aromatic carbocycles. The molecular weight excluding hydrogens is 338 g/mol. The molecule has 1 heterocycles. The lowest BCUT2D eigenvalue weighted by molar-refractivity contribution is 0.0951. The van der Waals surface area contributed by atoms with Crippen LogP contribution in [0.5, 0.6) is 17.2 Å². The standard InChI is InChI=1S/C18H15N3O5/c1-26-14-8-10(6-7-13(14)22)9-19-21-18(25)15-16(23)11-4-2-3-5-12(11)20-17(15)24/h2-9,22H,1H3,(H,21,25)(H2,20,23,24)/b19-9+. The number of benzene rings is 2. The number of phenolic OH excluding ortho intramolecular Hbond substituents is 1. The molecule has 0 aliphatic rings. The SMILES string of the molecule is COc1cc(/C=N/NC(=O)c2c(O)c3ccccc3[nH]c2=O)ccc1O. The van der Waals surface area contributed by atoms with Gasteiger partial charge in [-0.05, 0) is 35.9 Å². The summed E-state index contributed by atoms with van der Waals surface area (Å²) in [6.45, 7) is 0. The van der Waals surface area contributed by atoms with Crippen LogP contribution in [0.1, 0.15) is 15.9 Å². The summed E-state index contributed by atoms with van der Waals surface area (Å²) in [6.07, 6.45) is 1.31. The number of nitrogens with one attached hydrogen (secondary N) is 2. The summed E-state index contributed by atoms with van der Waals surface area (Å²) in [7, 11) is 1.41. The van der Waals surface area contributed by atoms with Gasteiger partial charge in [-0.3, -0.25) is 9.59 Å². The molecular formula is C18H15N3O5. The van der Waals surface area contributed by atoms with Crippen molar-refractivity contribution in [3.8, 4) is 17.2 Å². The molecule has 0 bridgehead atoms. The number of amides is 1. The first-order valence-electron chi connectivity index (χ1n) is 7.55. The Morgan fingerprint density at radius 3 is 2.77 bits per heavy atom. The van der Waals surface area contributed by atoms with Gasteiger partial charge in [-0.25, -0.2) is 5.43 Å². The second-order valence-corrected chi connectivity index (χ2v) is 5.35. The number of carbonyl (C=O) groups excluding carboxylic acids is 1. The molecule has 0 fully saturated rings. The molecule has 26 heavy (non-hydrogen) atoms. The number of para-hydroxylation sites is 1. The Bertz CT molecular complexity index is 1070. The lowest BCUT2D eigenvalue weighted by Gasteiger charge is -2.06. The van der Waals surface area contributed by atoms with Gasteiger partial charge in [-0.15, -0.1) is 0 Å². The van der Waals surface area contributed by atoms with E-state index in [1.807, 2.05) is 0 Å². The van der Waals surface area contributed by atoms with Crippen LogP contribution in [-0.4, -0.2) is 34.4 Å².